The monoisotopic (exact) mass is 258 g/mol. The summed E-state index contributed by atoms with van der Waals surface area (Å²) in [6.07, 6.45) is 1.67. The van der Waals surface area contributed by atoms with Gasteiger partial charge in [-0.05, 0) is 20.3 Å². The Hall–Kier alpha value is -0.870. The standard InChI is InChI=1S/C14H28NO3/c1-6-8-9-15(5,7-2)10-13(16)11-18-14(17)12(3)4/h13,16H,3,6-11H2,1-2,4-5H3/q+1. The molecule has 1 N–H and O–H groups in total. The van der Waals surface area contributed by atoms with Gasteiger partial charge in [-0.1, -0.05) is 19.9 Å². The summed E-state index contributed by atoms with van der Waals surface area (Å²) in [5.74, 6) is -0.437. The number of aliphatic hydroxyl groups excluding tert-OH is 1. The highest BCUT2D eigenvalue weighted by molar-refractivity contribution is 5.86. The van der Waals surface area contributed by atoms with Crippen molar-refractivity contribution in [3.05, 3.63) is 12.2 Å². The summed E-state index contributed by atoms with van der Waals surface area (Å²) in [7, 11) is 2.12. The summed E-state index contributed by atoms with van der Waals surface area (Å²) in [5, 5.41) is 9.92. The zero-order valence-corrected chi connectivity index (χ0v) is 12.2. The Morgan fingerprint density at radius 3 is 2.50 bits per heavy atom. The number of aliphatic hydroxyl groups is 1. The lowest BCUT2D eigenvalue weighted by Crippen LogP contribution is -2.50. The Morgan fingerprint density at radius 2 is 2.06 bits per heavy atom. The molecule has 0 aromatic rings. The van der Waals surface area contributed by atoms with E-state index in [1.807, 2.05) is 0 Å². The summed E-state index contributed by atoms with van der Waals surface area (Å²) in [5.41, 5.74) is 0.362. The highest BCUT2D eigenvalue weighted by Gasteiger charge is 2.24. The van der Waals surface area contributed by atoms with Gasteiger partial charge in [0.05, 0.1) is 20.1 Å². The van der Waals surface area contributed by atoms with Crippen LogP contribution in [0.2, 0.25) is 0 Å². The third-order valence-corrected chi connectivity index (χ3v) is 3.22. The first-order chi connectivity index (χ1) is 8.34. The number of likely N-dealkylation sites (N-methyl/N-ethyl adjacent to an activating group) is 1. The highest BCUT2D eigenvalue weighted by Crippen LogP contribution is 2.08. The van der Waals surface area contributed by atoms with E-state index < -0.39 is 12.1 Å². The number of hydrogen-bond donors (Lipinski definition) is 1. The molecular formula is C14H28NO3+. The minimum absolute atomic E-state index is 0.0473. The van der Waals surface area contributed by atoms with Crippen molar-refractivity contribution in [2.24, 2.45) is 0 Å². The van der Waals surface area contributed by atoms with Gasteiger partial charge in [0.25, 0.3) is 0 Å². The molecule has 2 atom stereocenters. The molecule has 0 aliphatic heterocycles. The van der Waals surface area contributed by atoms with E-state index in [1.165, 1.54) is 0 Å². The first-order valence-electron chi connectivity index (χ1n) is 6.69. The lowest BCUT2D eigenvalue weighted by atomic mass is 10.2. The zero-order valence-electron chi connectivity index (χ0n) is 12.2. The van der Waals surface area contributed by atoms with E-state index in [9.17, 15) is 9.90 Å². The number of unbranched alkanes of at least 4 members (excludes halogenated alkanes) is 1. The van der Waals surface area contributed by atoms with Crippen LogP contribution < -0.4 is 0 Å². The fraction of sp³-hybridized carbons (Fsp3) is 0.786. The van der Waals surface area contributed by atoms with Crippen LogP contribution in [0.3, 0.4) is 0 Å². The lowest BCUT2D eigenvalue weighted by Gasteiger charge is -2.35. The number of hydrogen-bond acceptors (Lipinski definition) is 3. The van der Waals surface area contributed by atoms with Crippen LogP contribution in [-0.4, -0.2) is 55.0 Å². The minimum atomic E-state index is -0.616. The summed E-state index contributed by atoms with van der Waals surface area (Å²) >= 11 is 0. The number of carbonyl (C=O) groups excluding carboxylic acids is 1. The maximum atomic E-state index is 11.2. The summed E-state index contributed by atoms with van der Waals surface area (Å²) in [6.45, 7) is 12.0. The quantitative estimate of drug-likeness (QED) is 0.389. The molecule has 0 aromatic heterocycles. The van der Waals surface area contributed by atoms with E-state index in [1.54, 1.807) is 6.92 Å². The molecule has 0 saturated heterocycles. The second-order valence-corrected chi connectivity index (χ2v) is 5.23. The van der Waals surface area contributed by atoms with E-state index in [-0.39, 0.29) is 6.61 Å². The molecule has 0 rings (SSSR count). The second kappa shape index (κ2) is 8.27. The van der Waals surface area contributed by atoms with Crippen molar-refractivity contribution in [3.8, 4) is 0 Å². The van der Waals surface area contributed by atoms with Crippen LogP contribution >= 0.6 is 0 Å². The first kappa shape index (κ1) is 17.1. The van der Waals surface area contributed by atoms with Crippen LogP contribution in [0, 0.1) is 0 Å². The van der Waals surface area contributed by atoms with Gasteiger partial charge in [0.15, 0.2) is 0 Å². The van der Waals surface area contributed by atoms with E-state index in [0.29, 0.717) is 12.1 Å². The number of carbonyl (C=O) groups is 1. The van der Waals surface area contributed by atoms with Gasteiger partial charge in [-0.2, -0.15) is 0 Å². The van der Waals surface area contributed by atoms with Crippen molar-refractivity contribution in [1.82, 2.24) is 0 Å². The summed E-state index contributed by atoms with van der Waals surface area (Å²) in [6, 6.07) is 0. The molecule has 0 aliphatic rings. The molecule has 0 radical (unpaired) electrons. The Morgan fingerprint density at radius 1 is 1.44 bits per heavy atom. The van der Waals surface area contributed by atoms with Gasteiger partial charge < -0.3 is 14.3 Å². The molecule has 0 aromatic carbocycles. The van der Waals surface area contributed by atoms with Crippen LogP contribution in [0.5, 0.6) is 0 Å². The molecule has 0 heterocycles. The van der Waals surface area contributed by atoms with Gasteiger partial charge in [0.1, 0.15) is 19.3 Å². The van der Waals surface area contributed by atoms with E-state index >= 15 is 0 Å². The van der Waals surface area contributed by atoms with Gasteiger partial charge in [-0.25, -0.2) is 4.79 Å². The van der Waals surface area contributed by atoms with Gasteiger partial charge in [0, 0.05) is 5.57 Å². The predicted octanol–water partition coefficient (Wildman–Crippen LogP) is 1.73. The Balaban J connectivity index is 4.14. The molecule has 0 saturated carbocycles. The molecular weight excluding hydrogens is 230 g/mol. The molecule has 0 aliphatic carbocycles. The molecule has 106 valence electrons. The van der Waals surface area contributed by atoms with Crippen molar-refractivity contribution >= 4 is 5.97 Å². The summed E-state index contributed by atoms with van der Waals surface area (Å²) in [4.78, 5) is 11.2. The van der Waals surface area contributed by atoms with Crippen LogP contribution in [0.15, 0.2) is 12.2 Å². The predicted molar refractivity (Wildman–Crippen MR) is 73.1 cm³/mol. The number of quaternary nitrogens is 1. The normalized spacial score (nSPS) is 15.8. The van der Waals surface area contributed by atoms with E-state index in [4.69, 9.17) is 4.74 Å². The largest absolute Gasteiger partial charge is 0.459 e. The molecule has 18 heavy (non-hydrogen) atoms. The van der Waals surface area contributed by atoms with E-state index in [2.05, 4.69) is 27.5 Å². The fourth-order valence-electron chi connectivity index (χ4n) is 1.77. The number of nitrogens with zero attached hydrogens (tertiary/aromatic N) is 1. The van der Waals surface area contributed by atoms with Gasteiger partial charge >= 0.3 is 5.97 Å². The molecule has 2 unspecified atom stereocenters. The van der Waals surface area contributed by atoms with E-state index in [0.717, 1.165) is 30.4 Å². The molecule has 0 amide bonds. The second-order valence-electron chi connectivity index (χ2n) is 5.23. The topological polar surface area (TPSA) is 46.5 Å². The molecule has 0 spiro atoms. The Labute approximate surface area is 111 Å². The molecule has 4 nitrogen and oxygen atoms in total. The molecule has 0 bridgehead atoms. The summed E-state index contributed by atoms with van der Waals surface area (Å²) < 4.78 is 5.77. The fourth-order valence-corrected chi connectivity index (χ4v) is 1.77. The maximum absolute atomic E-state index is 11.2. The van der Waals surface area contributed by atoms with Crippen LogP contribution in [-0.2, 0) is 9.53 Å². The third kappa shape index (κ3) is 6.77. The maximum Gasteiger partial charge on any atom is 0.333 e. The van der Waals surface area contributed by atoms with Crippen LogP contribution in [0.4, 0.5) is 0 Å². The minimum Gasteiger partial charge on any atom is -0.459 e. The SMILES string of the molecule is C=C(C)C(=O)OCC(O)C[N+](C)(CC)CCCC. The smallest absolute Gasteiger partial charge is 0.333 e. The van der Waals surface area contributed by atoms with Crippen molar-refractivity contribution in [2.45, 2.75) is 39.7 Å². The number of rotatable bonds is 9. The van der Waals surface area contributed by atoms with Gasteiger partial charge in [-0.15, -0.1) is 0 Å². The van der Waals surface area contributed by atoms with Gasteiger partial charge in [0.2, 0.25) is 0 Å². The van der Waals surface area contributed by atoms with Crippen molar-refractivity contribution in [2.75, 3.05) is 33.3 Å². The Kier molecular flexibility index (Phi) is 7.87. The van der Waals surface area contributed by atoms with Crippen LogP contribution in [0.25, 0.3) is 0 Å². The molecule has 4 heteroatoms. The average Bonchev–Trinajstić information content (AvgIpc) is 2.33. The molecule has 0 fully saturated rings. The lowest BCUT2D eigenvalue weighted by molar-refractivity contribution is -0.911. The highest BCUT2D eigenvalue weighted by atomic mass is 16.5. The average molecular weight is 258 g/mol. The number of ether oxygens (including phenoxy) is 1. The van der Waals surface area contributed by atoms with Crippen molar-refractivity contribution in [1.29, 1.82) is 0 Å². The van der Waals surface area contributed by atoms with Gasteiger partial charge in [-0.3, -0.25) is 0 Å². The van der Waals surface area contributed by atoms with Crippen LogP contribution in [0.1, 0.15) is 33.6 Å². The number of esters is 1. The zero-order chi connectivity index (χ0) is 14.2. The Bertz CT molecular complexity index is 278. The van der Waals surface area contributed by atoms with Crippen molar-refractivity contribution in [3.63, 3.8) is 0 Å². The van der Waals surface area contributed by atoms with Crippen molar-refractivity contribution < 1.29 is 19.1 Å². The third-order valence-electron chi connectivity index (χ3n) is 3.22. The first-order valence-corrected chi connectivity index (χ1v) is 6.69.